The van der Waals surface area contributed by atoms with E-state index in [0.717, 1.165) is 6.08 Å². The highest BCUT2D eigenvalue weighted by molar-refractivity contribution is 5.80. The maximum absolute atomic E-state index is 13.2. The Morgan fingerprint density at radius 3 is 2.82 bits per heavy atom. The molecule has 3 aromatic rings. The summed E-state index contributed by atoms with van der Waals surface area (Å²) in [6.45, 7) is 9.52. The first-order valence-electron chi connectivity index (χ1n) is 12.0. The van der Waals surface area contributed by atoms with Crippen LogP contribution in [0.25, 0.3) is 16.7 Å². The maximum Gasteiger partial charge on any atom is 0.271 e. The van der Waals surface area contributed by atoms with E-state index in [2.05, 4.69) is 16.6 Å². The Hall–Kier alpha value is -4.69. The number of aromatic nitrogens is 3. The zero-order valence-electron chi connectivity index (χ0n) is 21.5. The van der Waals surface area contributed by atoms with Gasteiger partial charge in [-0.1, -0.05) is 24.8 Å². The molecule has 196 valence electrons. The lowest BCUT2D eigenvalue weighted by Crippen LogP contribution is -2.30. The van der Waals surface area contributed by atoms with Crippen molar-refractivity contribution in [2.75, 3.05) is 6.61 Å². The van der Waals surface area contributed by atoms with Crippen LogP contribution in [0.4, 0.5) is 0 Å². The predicted octanol–water partition coefficient (Wildman–Crippen LogP) is 3.45. The van der Waals surface area contributed by atoms with Crippen molar-refractivity contribution >= 4 is 22.6 Å². The van der Waals surface area contributed by atoms with E-state index in [9.17, 15) is 25.0 Å². The number of nitro groups is 1. The summed E-state index contributed by atoms with van der Waals surface area (Å²) >= 11 is 0. The van der Waals surface area contributed by atoms with Crippen molar-refractivity contribution in [2.24, 2.45) is 4.99 Å². The van der Waals surface area contributed by atoms with E-state index in [1.807, 2.05) is 19.9 Å². The van der Waals surface area contributed by atoms with E-state index in [1.165, 1.54) is 29.5 Å². The molecule has 0 saturated heterocycles. The molecular weight excluding hydrogens is 488 g/mol. The molecule has 0 aliphatic rings. The quantitative estimate of drug-likeness (QED) is 0.132. The van der Waals surface area contributed by atoms with Gasteiger partial charge in [0.15, 0.2) is 5.49 Å². The first kappa shape index (κ1) is 27.9. The molecule has 0 fully saturated rings. The van der Waals surface area contributed by atoms with Crippen LogP contribution in [-0.2, 0) is 16.1 Å². The minimum Gasteiger partial charge on any atom is -0.379 e. The summed E-state index contributed by atoms with van der Waals surface area (Å²) in [5, 5.41) is 21.2. The minimum absolute atomic E-state index is 0.0286. The summed E-state index contributed by atoms with van der Waals surface area (Å²) in [5.41, 5.74) is 0.657. The molecule has 3 aromatic heterocycles. The topological polar surface area (TPSA) is 145 Å². The van der Waals surface area contributed by atoms with Gasteiger partial charge in [-0.15, -0.1) is 0 Å². The van der Waals surface area contributed by atoms with Crippen molar-refractivity contribution < 1.29 is 14.5 Å². The number of pyridine rings is 2. The normalized spacial score (nSPS) is 12.8. The lowest BCUT2D eigenvalue weighted by Gasteiger charge is -2.14. The Kier molecular flexibility index (Phi) is 9.18. The lowest BCUT2D eigenvalue weighted by molar-refractivity contribution is -0.419. The lowest BCUT2D eigenvalue weighted by atomic mass is 10.2. The number of carbonyl (C=O) groups is 1. The van der Waals surface area contributed by atoms with Crippen molar-refractivity contribution in [3.05, 3.63) is 98.1 Å². The summed E-state index contributed by atoms with van der Waals surface area (Å²) in [6.07, 6.45) is 6.02. The van der Waals surface area contributed by atoms with Crippen molar-refractivity contribution in [2.45, 2.75) is 46.3 Å². The Morgan fingerprint density at radius 2 is 2.16 bits per heavy atom. The molecule has 3 rings (SSSR count). The zero-order valence-corrected chi connectivity index (χ0v) is 21.5. The number of hydrogen-bond acceptors (Lipinski definition) is 7. The van der Waals surface area contributed by atoms with Gasteiger partial charge in [0.05, 0.1) is 22.0 Å². The molecule has 0 N–H and O–H groups in total. The molecular formula is C27H28N6O5. The number of fused-ring (bicyclic) bond motifs is 2. The smallest absolute Gasteiger partial charge is 0.271 e. The summed E-state index contributed by atoms with van der Waals surface area (Å²) in [5.74, 6) is -0.573. The van der Waals surface area contributed by atoms with Gasteiger partial charge in [-0.05, 0) is 45.4 Å². The van der Waals surface area contributed by atoms with E-state index in [4.69, 9.17) is 4.74 Å². The molecule has 0 saturated carbocycles. The first-order valence-corrected chi connectivity index (χ1v) is 12.0. The standard InChI is InChI=1S/C27H28N6O5/c1-5-22(33(36)37)19(4)10-8-12-24(34)30-25-20(17-28)16-21-26(32(25)14-9-15-38-18(2)3)29-23-11-6-7-13-31(23)27(21)35/h5-8,10-11,13,16,18H,1,9,12,14-15H2,2-4H3/b10-8+,22-19+,30-25?. The number of rotatable bonds is 10. The van der Waals surface area contributed by atoms with Crippen molar-refractivity contribution in [3.63, 3.8) is 0 Å². The molecule has 11 nitrogen and oxygen atoms in total. The molecule has 11 heteroatoms. The van der Waals surface area contributed by atoms with Gasteiger partial charge in [0.2, 0.25) is 0 Å². The van der Waals surface area contributed by atoms with Gasteiger partial charge in [0.25, 0.3) is 17.2 Å². The highest BCUT2D eigenvalue weighted by Gasteiger charge is 2.15. The first-order chi connectivity index (χ1) is 18.2. The number of hydrogen-bond donors (Lipinski definition) is 0. The van der Waals surface area contributed by atoms with Crippen LogP contribution in [0.5, 0.6) is 0 Å². The Labute approximate surface area is 218 Å². The second kappa shape index (κ2) is 12.5. The summed E-state index contributed by atoms with van der Waals surface area (Å²) in [4.78, 5) is 45.3. The second-order valence-corrected chi connectivity index (χ2v) is 8.64. The molecule has 0 aliphatic heterocycles. The number of nitrogens with zero attached hydrogens (tertiary/aromatic N) is 6. The van der Waals surface area contributed by atoms with Crippen LogP contribution in [0.3, 0.4) is 0 Å². The molecule has 0 aromatic carbocycles. The summed E-state index contributed by atoms with van der Waals surface area (Å²) in [7, 11) is 0. The highest BCUT2D eigenvalue weighted by Crippen LogP contribution is 2.12. The summed E-state index contributed by atoms with van der Waals surface area (Å²) in [6, 6.07) is 8.59. The maximum atomic E-state index is 13.2. The van der Waals surface area contributed by atoms with Crippen LogP contribution in [0, 0.1) is 21.4 Å². The molecule has 0 spiro atoms. The highest BCUT2D eigenvalue weighted by atomic mass is 16.6. The third kappa shape index (κ3) is 6.35. The summed E-state index contributed by atoms with van der Waals surface area (Å²) < 4.78 is 8.63. The number of nitriles is 1. The Balaban J connectivity index is 2.14. The van der Waals surface area contributed by atoms with E-state index in [-0.39, 0.29) is 40.2 Å². The third-order valence-electron chi connectivity index (χ3n) is 5.57. The van der Waals surface area contributed by atoms with Crippen LogP contribution in [0.2, 0.25) is 0 Å². The van der Waals surface area contributed by atoms with Gasteiger partial charge in [0, 0.05) is 37.4 Å². The van der Waals surface area contributed by atoms with Gasteiger partial charge in [-0.3, -0.25) is 24.1 Å². The van der Waals surface area contributed by atoms with Gasteiger partial charge < -0.3 is 9.30 Å². The molecule has 0 aliphatic carbocycles. The van der Waals surface area contributed by atoms with Gasteiger partial charge in [-0.25, -0.2) is 4.98 Å². The molecule has 3 heterocycles. The van der Waals surface area contributed by atoms with Gasteiger partial charge >= 0.3 is 0 Å². The fraction of sp³-hybridized carbons (Fsp3) is 0.296. The largest absolute Gasteiger partial charge is 0.379 e. The molecule has 0 bridgehead atoms. The number of carbonyl (C=O) groups excluding carboxylic acids is 1. The van der Waals surface area contributed by atoms with Gasteiger partial charge in [0.1, 0.15) is 17.4 Å². The average molecular weight is 517 g/mol. The third-order valence-corrected chi connectivity index (χ3v) is 5.57. The average Bonchev–Trinajstić information content (AvgIpc) is 2.87. The fourth-order valence-electron chi connectivity index (χ4n) is 3.80. The van der Waals surface area contributed by atoms with Crippen molar-refractivity contribution in [1.29, 1.82) is 5.26 Å². The fourth-order valence-corrected chi connectivity index (χ4v) is 3.80. The monoisotopic (exact) mass is 516 g/mol. The van der Waals surface area contributed by atoms with Crippen LogP contribution in [-0.4, -0.2) is 37.5 Å². The number of aryl methyl sites for hydroxylation is 1. The van der Waals surface area contributed by atoms with Crippen molar-refractivity contribution in [3.8, 4) is 6.07 Å². The van der Waals surface area contributed by atoms with Gasteiger partial charge in [-0.2, -0.15) is 10.3 Å². The predicted molar refractivity (Wildman–Crippen MR) is 142 cm³/mol. The SMILES string of the molecule is C=C/C(=C(C)\C=C\CC(=O)N=c1c(C#N)cc2c(=O)n3ccccc3nc2n1CCCOC(C)C)[N+](=O)[O-]. The van der Waals surface area contributed by atoms with E-state index >= 15 is 0 Å². The zero-order chi connectivity index (χ0) is 27.8. The molecule has 0 unspecified atom stereocenters. The number of amides is 1. The van der Waals surface area contributed by atoms with Crippen LogP contribution in [0.1, 0.15) is 39.2 Å². The minimum atomic E-state index is -0.573. The van der Waals surface area contributed by atoms with E-state index < -0.39 is 10.8 Å². The van der Waals surface area contributed by atoms with E-state index in [0.29, 0.717) is 36.4 Å². The number of ether oxygens (including phenoxy) is 1. The number of allylic oxidation sites excluding steroid dienone is 3. The molecule has 0 atom stereocenters. The van der Waals surface area contributed by atoms with E-state index in [1.54, 1.807) is 29.0 Å². The molecule has 1 amide bonds. The van der Waals surface area contributed by atoms with Crippen LogP contribution in [0.15, 0.2) is 76.3 Å². The molecule has 38 heavy (non-hydrogen) atoms. The Morgan fingerprint density at radius 1 is 1.39 bits per heavy atom. The molecule has 0 radical (unpaired) electrons. The van der Waals surface area contributed by atoms with Crippen LogP contribution < -0.4 is 11.0 Å². The second-order valence-electron chi connectivity index (χ2n) is 8.64. The van der Waals surface area contributed by atoms with Crippen molar-refractivity contribution in [1.82, 2.24) is 14.0 Å². The van der Waals surface area contributed by atoms with Crippen LogP contribution >= 0.6 is 0 Å². The Bertz CT molecular complexity index is 1640.